The van der Waals surface area contributed by atoms with Gasteiger partial charge >= 0.3 is 0 Å². The topological polar surface area (TPSA) is 113 Å². The molecular formula is C25H24N4O4S. The van der Waals surface area contributed by atoms with E-state index in [0.29, 0.717) is 23.5 Å². The van der Waals surface area contributed by atoms with Crippen molar-refractivity contribution in [3.8, 4) is 17.0 Å². The van der Waals surface area contributed by atoms with E-state index < -0.39 is 10.0 Å². The molecular weight excluding hydrogens is 452 g/mol. The molecule has 1 aromatic heterocycles. The summed E-state index contributed by atoms with van der Waals surface area (Å²) in [6.07, 6.45) is 1.69. The lowest BCUT2D eigenvalue weighted by atomic mass is 10.1. The van der Waals surface area contributed by atoms with E-state index in [1.807, 2.05) is 30.3 Å². The Morgan fingerprint density at radius 3 is 2.50 bits per heavy atom. The first-order valence-electron chi connectivity index (χ1n) is 10.5. The number of benzene rings is 3. The molecule has 34 heavy (non-hydrogen) atoms. The van der Waals surface area contributed by atoms with Crippen LogP contribution in [0.25, 0.3) is 11.3 Å². The van der Waals surface area contributed by atoms with Crippen molar-refractivity contribution in [3.63, 3.8) is 0 Å². The first-order chi connectivity index (χ1) is 16.4. The van der Waals surface area contributed by atoms with Crippen LogP contribution in [0.15, 0.2) is 83.9 Å². The van der Waals surface area contributed by atoms with Gasteiger partial charge in [0.25, 0.3) is 15.9 Å². The molecule has 8 nitrogen and oxygen atoms in total. The minimum absolute atomic E-state index is 0.0231. The van der Waals surface area contributed by atoms with Gasteiger partial charge in [-0.3, -0.25) is 14.6 Å². The molecule has 3 N–H and O–H groups in total. The number of amides is 1. The summed E-state index contributed by atoms with van der Waals surface area (Å²) in [6.45, 7) is 1.98. The number of carbonyl (C=O) groups is 1. The summed E-state index contributed by atoms with van der Waals surface area (Å²) < 4.78 is 33.9. The van der Waals surface area contributed by atoms with Crippen molar-refractivity contribution in [3.05, 3.63) is 95.7 Å². The second-order valence-corrected chi connectivity index (χ2v) is 9.29. The predicted molar refractivity (Wildman–Crippen MR) is 130 cm³/mol. The summed E-state index contributed by atoms with van der Waals surface area (Å²) in [5, 5.41) is 9.69. The van der Waals surface area contributed by atoms with Crippen LogP contribution in [0.3, 0.4) is 0 Å². The highest BCUT2D eigenvalue weighted by molar-refractivity contribution is 7.92. The summed E-state index contributed by atoms with van der Waals surface area (Å²) in [5.74, 6) is 0.0301. The standard InChI is InChI=1S/C25H24N4O4S/c1-17-7-10-20(15-24(17)34(31,32)29-22-5-3-4-6-23(22)33-2)25(30)26-16-18-8-11-19(12-9-18)21-13-14-27-28-21/h3-15,29H,16H2,1-2H3,(H,26,30)(H,27,28). The number of aromatic nitrogens is 2. The van der Waals surface area contributed by atoms with Crippen molar-refractivity contribution in [2.45, 2.75) is 18.4 Å². The maximum atomic E-state index is 13.1. The highest BCUT2D eigenvalue weighted by Crippen LogP contribution is 2.27. The smallest absolute Gasteiger partial charge is 0.262 e. The number of para-hydroxylation sites is 2. The molecule has 3 aromatic carbocycles. The fourth-order valence-electron chi connectivity index (χ4n) is 3.46. The molecule has 4 rings (SSSR count). The van der Waals surface area contributed by atoms with Crippen LogP contribution < -0.4 is 14.8 Å². The molecule has 0 saturated carbocycles. The third-order valence-electron chi connectivity index (χ3n) is 5.31. The van der Waals surface area contributed by atoms with Crippen molar-refractivity contribution in [1.82, 2.24) is 15.5 Å². The van der Waals surface area contributed by atoms with Crippen LogP contribution >= 0.6 is 0 Å². The Balaban J connectivity index is 1.48. The molecule has 0 unspecified atom stereocenters. The lowest BCUT2D eigenvalue weighted by Crippen LogP contribution is -2.23. The maximum absolute atomic E-state index is 13.1. The fourth-order valence-corrected chi connectivity index (χ4v) is 4.80. The summed E-state index contributed by atoms with van der Waals surface area (Å²) in [7, 11) is -2.48. The molecule has 9 heteroatoms. The van der Waals surface area contributed by atoms with E-state index in [4.69, 9.17) is 4.74 Å². The third-order valence-corrected chi connectivity index (χ3v) is 6.82. The minimum Gasteiger partial charge on any atom is -0.495 e. The van der Waals surface area contributed by atoms with Crippen LogP contribution in [0.4, 0.5) is 5.69 Å². The summed E-state index contributed by atoms with van der Waals surface area (Å²) in [5.41, 5.74) is 3.90. The zero-order valence-corrected chi connectivity index (χ0v) is 19.5. The molecule has 0 aliphatic rings. The number of aromatic amines is 1. The van der Waals surface area contributed by atoms with E-state index >= 15 is 0 Å². The van der Waals surface area contributed by atoms with Crippen molar-refractivity contribution in [2.75, 3.05) is 11.8 Å². The molecule has 0 spiro atoms. The number of hydrogen-bond acceptors (Lipinski definition) is 5. The van der Waals surface area contributed by atoms with Crippen LogP contribution in [0, 0.1) is 6.92 Å². The number of hydrogen-bond donors (Lipinski definition) is 3. The molecule has 0 atom stereocenters. The van der Waals surface area contributed by atoms with Crippen LogP contribution in [-0.2, 0) is 16.6 Å². The van der Waals surface area contributed by atoms with Gasteiger partial charge < -0.3 is 10.1 Å². The zero-order valence-electron chi connectivity index (χ0n) is 18.7. The average molecular weight is 477 g/mol. The van der Waals surface area contributed by atoms with Gasteiger partial charge in [0.15, 0.2) is 0 Å². The van der Waals surface area contributed by atoms with Gasteiger partial charge in [-0.05, 0) is 53.9 Å². The molecule has 174 valence electrons. The number of methoxy groups -OCH3 is 1. The SMILES string of the molecule is COc1ccccc1NS(=O)(=O)c1cc(C(=O)NCc2ccc(-c3ccn[nH]3)cc2)ccc1C. The van der Waals surface area contributed by atoms with Crippen LogP contribution in [0.5, 0.6) is 5.75 Å². The van der Waals surface area contributed by atoms with E-state index in [1.165, 1.54) is 13.2 Å². The van der Waals surface area contributed by atoms with E-state index in [-0.39, 0.29) is 16.4 Å². The summed E-state index contributed by atoms with van der Waals surface area (Å²) >= 11 is 0. The largest absolute Gasteiger partial charge is 0.495 e. The highest BCUT2D eigenvalue weighted by Gasteiger charge is 2.20. The molecule has 0 bridgehead atoms. The zero-order chi connectivity index (χ0) is 24.1. The van der Waals surface area contributed by atoms with Gasteiger partial charge in [0.1, 0.15) is 5.75 Å². The van der Waals surface area contributed by atoms with Gasteiger partial charge in [0.05, 0.1) is 23.4 Å². The van der Waals surface area contributed by atoms with Crippen LogP contribution in [0.1, 0.15) is 21.5 Å². The monoisotopic (exact) mass is 476 g/mol. The maximum Gasteiger partial charge on any atom is 0.262 e. The van der Waals surface area contributed by atoms with Gasteiger partial charge in [-0.2, -0.15) is 5.10 Å². The van der Waals surface area contributed by atoms with Crippen LogP contribution in [0.2, 0.25) is 0 Å². The number of rotatable bonds is 8. The number of nitrogens with one attached hydrogen (secondary N) is 3. The second-order valence-electron chi connectivity index (χ2n) is 7.64. The average Bonchev–Trinajstić information content (AvgIpc) is 3.38. The highest BCUT2D eigenvalue weighted by atomic mass is 32.2. The lowest BCUT2D eigenvalue weighted by Gasteiger charge is -2.14. The quantitative estimate of drug-likeness (QED) is 0.354. The summed E-state index contributed by atoms with van der Waals surface area (Å²) in [6, 6.07) is 20.9. The fraction of sp³-hybridized carbons (Fsp3) is 0.120. The lowest BCUT2D eigenvalue weighted by molar-refractivity contribution is 0.0950. The van der Waals surface area contributed by atoms with E-state index in [1.54, 1.807) is 49.5 Å². The normalized spacial score (nSPS) is 11.1. The van der Waals surface area contributed by atoms with Crippen molar-refractivity contribution < 1.29 is 17.9 Å². The van der Waals surface area contributed by atoms with Gasteiger partial charge in [-0.15, -0.1) is 0 Å². The summed E-state index contributed by atoms with van der Waals surface area (Å²) in [4.78, 5) is 12.8. The molecule has 0 radical (unpaired) electrons. The Kier molecular flexibility index (Phi) is 6.65. The Bertz CT molecular complexity index is 1400. The second kappa shape index (κ2) is 9.80. The van der Waals surface area contributed by atoms with Gasteiger partial charge in [0, 0.05) is 18.3 Å². The van der Waals surface area contributed by atoms with Gasteiger partial charge in [0.2, 0.25) is 0 Å². The van der Waals surface area contributed by atoms with E-state index in [0.717, 1.165) is 16.8 Å². The molecule has 0 aliphatic carbocycles. The molecule has 0 saturated heterocycles. The first kappa shape index (κ1) is 23.1. The number of H-pyrrole nitrogens is 1. The number of sulfonamides is 1. The Morgan fingerprint density at radius 2 is 1.79 bits per heavy atom. The number of aryl methyl sites for hydroxylation is 1. The van der Waals surface area contributed by atoms with Gasteiger partial charge in [-0.1, -0.05) is 42.5 Å². The molecule has 1 amide bonds. The number of carbonyl (C=O) groups excluding carboxylic acids is 1. The molecule has 0 fully saturated rings. The van der Waals surface area contributed by atoms with Gasteiger partial charge in [-0.25, -0.2) is 8.42 Å². The number of ether oxygens (including phenoxy) is 1. The molecule has 0 aliphatic heterocycles. The number of nitrogens with zero attached hydrogens (tertiary/aromatic N) is 1. The Labute approximate surface area is 198 Å². The van der Waals surface area contributed by atoms with Crippen LogP contribution in [-0.4, -0.2) is 31.6 Å². The van der Waals surface area contributed by atoms with Crippen molar-refractivity contribution >= 4 is 21.6 Å². The molecule has 1 heterocycles. The Hall–Kier alpha value is -4.11. The van der Waals surface area contributed by atoms with E-state index in [9.17, 15) is 13.2 Å². The van der Waals surface area contributed by atoms with Crippen molar-refractivity contribution in [2.24, 2.45) is 0 Å². The predicted octanol–water partition coefficient (Wildman–Crippen LogP) is 4.12. The Morgan fingerprint density at radius 1 is 1.03 bits per heavy atom. The van der Waals surface area contributed by atoms with E-state index in [2.05, 4.69) is 20.2 Å². The first-order valence-corrected chi connectivity index (χ1v) is 12.0. The minimum atomic E-state index is -3.94. The third kappa shape index (κ3) is 5.10. The number of anilines is 1. The molecule has 4 aromatic rings. The van der Waals surface area contributed by atoms with Crippen molar-refractivity contribution in [1.29, 1.82) is 0 Å².